The van der Waals surface area contributed by atoms with Gasteiger partial charge in [-0.1, -0.05) is 36.4 Å². The van der Waals surface area contributed by atoms with Crippen molar-refractivity contribution < 1.29 is 18.4 Å². The van der Waals surface area contributed by atoms with Crippen LogP contribution in [0.4, 0.5) is 14.5 Å². The van der Waals surface area contributed by atoms with Crippen LogP contribution in [0.15, 0.2) is 48.5 Å². The number of hydrogen-bond donors (Lipinski definition) is 2. The van der Waals surface area contributed by atoms with E-state index in [1.54, 1.807) is 0 Å². The lowest BCUT2D eigenvalue weighted by Gasteiger charge is -2.28. The molecule has 28 heavy (non-hydrogen) atoms. The molecule has 1 atom stereocenters. The van der Waals surface area contributed by atoms with Crippen LogP contribution in [-0.4, -0.2) is 11.8 Å². The zero-order valence-corrected chi connectivity index (χ0v) is 15.8. The SMILES string of the molecule is CC(NC(=O)C1CCC(C(=O)Nc2c(F)cccc2F)CC1)c1ccccc1. The number of para-hydroxylation sites is 1. The van der Waals surface area contributed by atoms with Gasteiger partial charge in [0.2, 0.25) is 11.8 Å². The van der Waals surface area contributed by atoms with Gasteiger partial charge in [-0.05, 0) is 50.3 Å². The smallest absolute Gasteiger partial charge is 0.227 e. The van der Waals surface area contributed by atoms with Crippen LogP contribution in [0.25, 0.3) is 0 Å². The maximum Gasteiger partial charge on any atom is 0.227 e. The molecule has 0 spiro atoms. The summed E-state index contributed by atoms with van der Waals surface area (Å²) in [7, 11) is 0. The molecule has 1 aliphatic carbocycles. The molecule has 4 nitrogen and oxygen atoms in total. The topological polar surface area (TPSA) is 58.2 Å². The number of halogens is 2. The first kappa shape index (κ1) is 20.0. The first-order chi connectivity index (χ1) is 13.5. The van der Waals surface area contributed by atoms with Crippen LogP contribution in [0.5, 0.6) is 0 Å². The van der Waals surface area contributed by atoms with E-state index in [1.165, 1.54) is 6.07 Å². The summed E-state index contributed by atoms with van der Waals surface area (Å²) in [5.74, 6) is -2.52. The van der Waals surface area contributed by atoms with Crippen LogP contribution in [0.3, 0.4) is 0 Å². The molecule has 1 saturated carbocycles. The Morgan fingerprint density at radius 1 is 0.857 bits per heavy atom. The molecule has 0 heterocycles. The summed E-state index contributed by atoms with van der Waals surface area (Å²) < 4.78 is 27.4. The normalized spacial score (nSPS) is 20.2. The molecular formula is C22H24F2N2O2. The van der Waals surface area contributed by atoms with Crippen molar-refractivity contribution in [3.63, 3.8) is 0 Å². The van der Waals surface area contributed by atoms with E-state index in [-0.39, 0.29) is 23.8 Å². The van der Waals surface area contributed by atoms with Crippen molar-refractivity contribution in [1.29, 1.82) is 0 Å². The summed E-state index contributed by atoms with van der Waals surface area (Å²) >= 11 is 0. The molecule has 2 N–H and O–H groups in total. The fourth-order valence-corrected chi connectivity index (χ4v) is 3.62. The zero-order valence-electron chi connectivity index (χ0n) is 15.8. The van der Waals surface area contributed by atoms with Gasteiger partial charge in [-0.25, -0.2) is 8.78 Å². The van der Waals surface area contributed by atoms with Crippen LogP contribution in [-0.2, 0) is 9.59 Å². The van der Waals surface area contributed by atoms with Gasteiger partial charge in [-0.15, -0.1) is 0 Å². The van der Waals surface area contributed by atoms with Gasteiger partial charge < -0.3 is 10.6 Å². The number of nitrogens with one attached hydrogen (secondary N) is 2. The van der Waals surface area contributed by atoms with Gasteiger partial charge >= 0.3 is 0 Å². The third-order valence-corrected chi connectivity index (χ3v) is 5.34. The molecule has 148 valence electrons. The maximum absolute atomic E-state index is 13.7. The highest BCUT2D eigenvalue weighted by molar-refractivity contribution is 5.93. The number of carbonyl (C=O) groups excluding carboxylic acids is 2. The first-order valence-corrected chi connectivity index (χ1v) is 9.56. The van der Waals surface area contributed by atoms with Crippen molar-refractivity contribution in [2.24, 2.45) is 11.8 Å². The predicted octanol–water partition coefficient (Wildman–Crippen LogP) is 4.59. The summed E-state index contributed by atoms with van der Waals surface area (Å²) in [4.78, 5) is 24.9. The lowest BCUT2D eigenvalue weighted by atomic mass is 9.81. The van der Waals surface area contributed by atoms with E-state index in [0.717, 1.165) is 17.7 Å². The molecule has 1 aliphatic rings. The number of rotatable bonds is 5. The molecule has 0 radical (unpaired) electrons. The predicted molar refractivity (Wildman–Crippen MR) is 103 cm³/mol. The molecule has 2 aromatic carbocycles. The van der Waals surface area contributed by atoms with Gasteiger partial charge in [0, 0.05) is 11.8 Å². The Morgan fingerprint density at radius 3 is 1.96 bits per heavy atom. The van der Waals surface area contributed by atoms with E-state index in [0.29, 0.717) is 25.7 Å². The number of anilines is 1. The van der Waals surface area contributed by atoms with E-state index in [1.807, 2.05) is 37.3 Å². The van der Waals surface area contributed by atoms with Crippen molar-refractivity contribution in [3.8, 4) is 0 Å². The lowest BCUT2D eigenvalue weighted by molar-refractivity contribution is -0.129. The first-order valence-electron chi connectivity index (χ1n) is 9.56. The second kappa shape index (κ2) is 8.95. The summed E-state index contributed by atoms with van der Waals surface area (Å²) in [5.41, 5.74) is 0.625. The Bertz CT molecular complexity index is 813. The minimum Gasteiger partial charge on any atom is -0.349 e. The van der Waals surface area contributed by atoms with Crippen molar-refractivity contribution in [3.05, 3.63) is 65.7 Å². The third kappa shape index (κ3) is 4.74. The fourth-order valence-electron chi connectivity index (χ4n) is 3.62. The van der Waals surface area contributed by atoms with Crippen molar-refractivity contribution in [2.45, 2.75) is 38.6 Å². The summed E-state index contributed by atoms with van der Waals surface area (Å²) in [6.07, 6.45) is 2.18. The van der Waals surface area contributed by atoms with Crippen LogP contribution in [0, 0.1) is 23.5 Å². The lowest BCUT2D eigenvalue weighted by Crippen LogP contribution is -2.36. The molecule has 3 rings (SSSR count). The molecule has 6 heteroatoms. The quantitative estimate of drug-likeness (QED) is 0.790. The highest BCUT2D eigenvalue weighted by atomic mass is 19.1. The molecule has 2 aromatic rings. The largest absolute Gasteiger partial charge is 0.349 e. The van der Waals surface area contributed by atoms with E-state index in [9.17, 15) is 18.4 Å². The van der Waals surface area contributed by atoms with E-state index >= 15 is 0 Å². The van der Waals surface area contributed by atoms with Crippen LogP contribution in [0.2, 0.25) is 0 Å². The van der Waals surface area contributed by atoms with E-state index in [2.05, 4.69) is 10.6 Å². The highest BCUT2D eigenvalue weighted by Gasteiger charge is 2.31. The van der Waals surface area contributed by atoms with Gasteiger partial charge in [-0.3, -0.25) is 9.59 Å². The third-order valence-electron chi connectivity index (χ3n) is 5.34. The minimum absolute atomic E-state index is 0.0182. The van der Waals surface area contributed by atoms with Crippen LogP contribution in [0.1, 0.15) is 44.2 Å². The van der Waals surface area contributed by atoms with Crippen molar-refractivity contribution in [2.75, 3.05) is 5.32 Å². The minimum atomic E-state index is -0.795. The summed E-state index contributed by atoms with van der Waals surface area (Å²) in [5, 5.41) is 5.38. The average Bonchev–Trinajstić information content (AvgIpc) is 2.71. The molecule has 2 amide bonds. The van der Waals surface area contributed by atoms with Crippen LogP contribution >= 0.6 is 0 Å². The Hall–Kier alpha value is -2.76. The fraction of sp³-hybridized carbons (Fsp3) is 0.364. The molecule has 1 unspecified atom stereocenters. The molecular weight excluding hydrogens is 362 g/mol. The molecule has 0 bridgehead atoms. The average molecular weight is 386 g/mol. The number of amides is 2. The van der Waals surface area contributed by atoms with Crippen molar-refractivity contribution in [1.82, 2.24) is 5.32 Å². The van der Waals surface area contributed by atoms with Crippen LogP contribution < -0.4 is 10.6 Å². The zero-order chi connectivity index (χ0) is 20.1. The monoisotopic (exact) mass is 386 g/mol. The number of hydrogen-bond acceptors (Lipinski definition) is 2. The number of benzene rings is 2. The standard InChI is InChI=1S/C22H24F2N2O2/c1-14(15-6-3-2-4-7-15)25-21(27)16-10-12-17(13-11-16)22(28)26-20-18(23)8-5-9-19(20)24/h2-9,14,16-17H,10-13H2,1H3,(H,25,27)(H,26,28). The highest BCUT2D eigenvalue weighted by Crippen LogP contribution is 2.31. The molecule has 0 saturated heterocycles. The van der Waals surface area contributed by atoms with E-state index in [4.69, 9.17) is 0 Å². The Balaban J connectivity index is 1.51. The maximum atomic E-state index is 13.7. The van der Waals surface area contributed by atoms with Gasteiger partial charge in [0.25, 0.3) is 0 Å². The van der Waals surface area contributed by atoms with Gasteiger partial charge in [-0.2, -0.15) is 0 Å². The molecule has 0 aromatic heterocycles. The number of carbonyl (C=O) groups is 2. The van der Waals surface area contributed by atoms with Crippen molar-refractivity contribution >= 4 is 17.5 Å². The Labute approximate surface area is 163 Å². The molecule has 1 fully saturated rings. The summed E-state index contributed by atoms with van der Waals surface area (Å²) in [6, 6.07) is 13.1. The van der Waals surface area contributed by atoms with E-state index < -0.39 is 23.2 Å². The molecule has 0 aliphatic heterocycles. The second-order valence-corrected chi connectivity index (χ2v) is 7.28. The van der Waals surface area contributed by atoms with Gasteiger partial charge in [0.15, 0.2) is 0 Å². The van der Waals surface area contributed by atoms with Gasteiger partial charge in [0.05, 0.1) is 6.04 Å². The Morgan fingerprint density at radius 2 is 1.39 bits per heavy atom. The van der Waals surface area contributed by atoms with Gasteiger partial charge in [0.1, 0.15) is 17.3 Å². The summed E-state index contributed by atoms with van der Waals surface area (Å²) in [6.45, 7) is 1.94. The Kier molecular flexibility index (Phi) is 6.39. The second-order valence-electron chi connectivity index (χ2n) is 7.28.